The van der Waals surface area contributed by atoms with Crippen LogP contribution in [-0.4, -0.2) is 42.0 Å². The molecule has 0 bridgehead atoms. The average Bonchev–Trinajstić information content (AvgIpc) is 3.44. The van der Waals surface area contributed by atoms with Crippen LogP contribution in [0.15, 0.2) is 40.2 Å². The average molecular weight is 572 g/mol. The minimum atomic E-state index is -0.116. The zero-order valence-electron chi connectivity index (χ0n) is 27.4. The van der Waals surface area contributed by atoms with Gasteiger partial charge in [0, 0.05) is 18.8 Å². The zero-order chi connectivity index (χ0) is 31.2. The van der Waals surface area contributed by atoms with Crippen molar-refractivity contribution in [3.8, 4) is 0 Å². The fraction of sp³-hybridized carbons (Fsp3) is 0.657. The number of hydrogen-bond acceptors (Lipinski definition) is 5. The number of likely N-dealkylation sites (tertiary alicyclic amines) is 1. The Balaban J connectivity index is 0.000000656. The lowest BCUT2D eigenvalue weighted by atomic mass is 10.1. The Morgan fingerprint density at radius 2 is 1.66 bits per heavy atom. The lowest BCUT2D eigenvalue weighted by Gasteiger charge is -2.29. The maximum atomic E-state index is 12.6. The van der Waals surface area contributed by atoms with Crippen molar-refractivity contribution in [1.82, 2.24) is 4.90 Å². The molecule has 0 atom stereocenters. The summed E-state index contributed by atoms with van der Waals surface area (Å²) in [5.74, 6) is 2.85. The van der Waals surface area contributed by atoms with Gasteiger partial charge in [-0.25, -0.2) is 9.18 Å². The molecule has 1 aromatic carbocycles. The number of benzene rings is 1. The molecule has 1 heterocycles. The molecular weight excluding hydrogens is 513 g/mol. The van der Waals surface area contributed by atoms with Crippen LogP contribution < -0.4 is 5.73 Å². The van der Waals surface area contributed by atoms with Crippen molar-refractivity contribution < 1.29 is 14.0 Å². The Hall–Kier alpha value is -2.72. The van der Waals surface area contributed by atoms with E-state index in [0.29, 0.717) is 11.4 Å². The van der Waals surface area contributed by atoms with E-state index in [-0.39, 0.29) is 18.1 Å². The van der Waals surface area contributed by atoms with Gasteiger partial charge >= 0.3 is 0 Å². The van der Waals surface area contributed by atoms with Crippen molar-refractivity contribution in [3.05, 3.63) is 52.1 Å². The molecule has 5 nitrogen and oxygen atoms in total. The number of nitrogens with zero attached hydrogens (tertiary/aromatic N) is 2. The lowest BCUT2D eigenvalue weighted by molar-refractivity contribution is -0.115. The van der Waals surface area contributed by atoms with E-state index in [0.717, 1.165) is 73.5 Å². The molecular formula is C35H58FN3O2. The van der Waals surface area contributed by atoms with Crippen LogP contribution in [-0.2, 0) is 9.59 Å². The summed E-state index contributed by atoms with van der Waals surface area (Å²) in [6.07, 6.45) is 12.8. The molecule has 2 N–H and O–H groups in total. The molecule has 2 aliphatic rings. The normalized spacial score (nSPS) is 16.4. The van der Waals surface area contributed by atoms with E-state index in [2.05, 4.69) is 39.6 Å². The smallest absolute Gasteiger partial charge is 0.152 e. The van der Waals surface area contributed by atoms with Crippen LogP contribution in [0.1, 0.15) is 123 Å². The summed E-state index contributed by atoms with van der Waals surface area (Å²) in [5.41, 5.74) is 10.8. The number of aryl methyl sites for hydroxylation is 1. The molecule has 2 fully saturated rings. The Labute approximate surface area is 250 Å². The first-order chi connectivity index (χ1) is 19.5. The van der Waals surface area contributed by atoms with Gasteiger partial charge in [0.2, 0.25) is 0 Å². The van der Waals surface area contributed by atoms with Crippen molar-refractivity contribution in [3.63, 3.8) is 0 Å². The third kappa shape index (κ3) is 16.3. The van der Waals surface area contributed by atoms with Crippen LogP contribution in [0.3, 0.4) is 0 Å². The standard InChI is InChI=1S/C16H23N3O2.C8H9F.C7H16.C4H10/c1-12(21)10-18-14-7-5-6-13(14)16(17)15(11-20)19-8-3-2-4-9-19;1-6-4-3-5-8(9)7(6)2;1-4-5-6-7(2)3;1-3-4-2/h2-10,17H2,1H3;3-5H,1-2H3;7H,4-6H2,1-3H3;3-4H2,1-2H3/b16-13-,18-14?;;;. The summed E-state index contributed by atoms with van der Waals surface area (Å²) < 4.78 is 12.6. The van der Waals surface area contributed by atoms with Gasteiger partial charge in [-0.1, -0.05) is 78.9 Å². The predicted octanol–water partition coefficient (Wildman–Crippen LogP) is 8.70. The number of unbranched alkanes of at least 4 members (excludes halogenated alkanes) is 2. The molecule has 6 heteroatoms. The second kappa shape index (κ2) is 22.9. The summed E-state index contributed by atoms with van der Waals surface area (Å²) in [5, 5.41) is 0. The molecule has 0 radical (unpaired) electrons. The van der Waals surface area contributed by atoms with Gasteiger partial charge in [-0.05, 0) is 88.0 Å². The Morgan fingerprint density at radius 1 is 1.02 bits per heavy atom. The summed E-state index contributed by atoms with van der Waals surface area (Å²) in [7, 11) is 0. The van der Waals surface area contributed by atoms with Crippen molar-refractivity contribution in [2.24, 2.45) is 16.6 Å². The van der Waals surface area contributed by atoms with E-state index in [4.69, 9.17) is 5.73 Å². The van der Waals surface area contributed by atoms with E-state index >= 15 is 0 Å². The van der Waals surface area contributed by atoms with Gasteiger partial charge in [-0.15, -0.1) is 0 Å². The molecule has 41 heavy (non-hydrogen) atoms. The summed E-state index contributed by atoms with van der Waals surface area (Å²) in [6.45, 7) is 18.3. The molecule has 1 aromatic rings. The number of nitrogens with two attached hydrogens (primary N) is 1. The van der Waals surface area contributed by atoms with Gasteiger partial charge in [-0.2, -0.15) is 0 Å². The molecule has 3 rings (SSSR count). The first kappa shape index (κ1) is 38.3. The van der Waals surface area contributed by atoms with Crippen molar-refractivity contribution in [2.45, 2.75) is 126 Å². The largest absolute Gasteiger partial charge is 0.396 e. The molecule has 1 saturated heterocycles. The maximum Gasteiger partial charge on any atom is 0.152 e. The van der Waals surface area contributed by atoms with Gasteiger partial charge in [-0.3, -0.25) is 9.79 Å². The minimum absolute atomic E-state index is 0.0366. The maximum absolute atomic E-state index is 12.6. The van der Waals surface area contributed by atoms with Crippen molar-refractivity contribution in [1.29, 1.82) is 0 Å². The number of carbonyl (C=O) groups is 1. The quantitative estimate of drug-likeness (QED) is 0.317. The Kier molecular flexibility index (Phi) is 21.4. The van der Waals surface area contributed by atoms with Crippen LogP contribution in [0.25, 0.3) is 0 Å². The highest BCUT2D eigenvalue weighted by atomic mass is 19.1. The van der Waals surface area contributed by atoms with Crippen LogP contribution >= 0.6 is 0 Å². The zero-order valence-corrected chi connectivity index (χ0v) is 27.4. The first-order valence-electron chi connectivity index (χ1n) is 15.8. The van der Waals surface area contributed by atoms with Crippen LogP contribution in [0, 0.1) is 25.6 Å². The minimum Gasteiger partial charge on any atom is -0.396 e. The fourth-order valence-corrected chi connectivity index (χ4v) is 4.28. The fourth-order valence-electron chi connectivity index (χ4n) is 4.28. The van der Waals surface area contributed by atoms with E-state index in [1.165, 1.54) is 51.5 Å². The second-order valence-electron chi connectivity index (χ2n) is 11.4. The predicted molar refractivity (Wildman–Crippen MR) is 173 cm³/mol. The number of allylic oxidation sites excluding steroid dienone is 1. The number of rotatable bonds is 8. The third-order valence-corrected chi connectivity index (χ3v) is 7.20. The molecule has 1 aliphatic carbocycles. The summed E-state index contributed by atoms with van der Waals surface area (Å²) in [4.78, 5) is 28.8. The number of hydrogen-bond donors (Lipinski definition) is 1. The van der Waals surface area contributed by atoms with Gasteiger partial charge in [0.1, 0.15) is 11.5 Å². The topological polar surface area (TPSA) is 75.8 Å². The lowest BCUT2D eigenvalue weighted by Crippen LogP contribution is -2.32. The van der Waals surface area contributed by atoms with E-state index in [9.17, 15) is 14.0 Å². The SMILES string of the molecule is CC(=O)CN=C1CCC/C1=C(/N)C(=C=O)N1CCCCC1.CCCC.CCCCC(C)C.Cc1cccc(F)c1C. The molecule has 0 amide bonds. The van der Waals surface area contributed by atoms with Gasteiger partial charge in [0.05, 0.1) is 12.2 Å². The highest BCUT2D eigenvalue weighted by Gasteiger charge is 2.24. The summed E-state index contributed by atoms with van der Waals surface area (Å²) >= 11 is 0. The number of aliphatic imine (C=N–C) groups is 1. The molecule has 1 saturated carbocycles. The number of ketones is 1. The van der Waals surface area contributed by atoms with E-state index < -0.39 is 0 Å². The van der Waals surface area contributed by atoms with Crippen LogP contribution in [0.4, 0.5) is 4.39 Å². The monoisotopic (exact) mass is 571 g/mol. The molecule has 232 valence electrons. The second-order valence-corrected chi connectivity index (χ2v) is 11.4. The molecule has 0 spiro atoms. The number of halogens is 1. The number of Topliss-reactive ketones (excluding diaryl/α,β-unsaturated/α-hetero) is 1. The van der Waals surface area contributed by atoms with E-state index in [1.807, 2.05) is 23.8 Å². The molecule has 0 aromatic heterocycles. The van der Waals surface area contributed by atoms with Crippen LogP contribution in [0.2, 0.25) is 0 Å². The highest BCUT2D eigenvalue weighted by Crippen LogP contribution is 2.27. The first-order valence-corrected chi connectivity index (χ1v) is 15.8. The van der Waals surface area contributed by atoms with Crippen LogP contribution in [0.5, 0.6) is 0 Å². The van der Waals surface area contributed by atoms with Crippen molar-refractivity contribution in [2.75, 3.05) is 19.6 Å². The van der Waals surface area contributed by atoms with Gasteiger partial charge in [0.15, 0.2) is 11.7 Å². The van der Waals surface area contributed by atoms with E-state index in [1.54, 1.807) is 13.0 Å². The highest BCUT2D eigenvalue weighted by molar-refractivity contribution is 6.04. The Bertz CT molecular complexity index is 978. The third-order valence-electron chi connectivity index (χ3n) is 7.20. The summed E-state index contributed by atoms with van der Waals surface area (Å²) in [6, 6.07) is 5.10. The Morgan fingerprint density at radius 3 is 2.10 bits per heavy atom. The molecule has 0 unspecified atom stereocenters. The van der Waals surface area contributed by atoms with Gasteiger partial charge in [0.25, 0.3) is 0 Å². The molecule has 1 aliphatic heterocycles. The number of carbonyl (C=O) groups excluding carboxylic acids is 2. The van der Waals surface area contributed by atoms with Gasteiger partial charge < -0.3 is 10.6 Å². The number of piperidine rings is 1. The van der Waals surface area contributed by atoms with Crippen molar-refractivity contribution >= 4 is 17.4 Å².